The minimum Gasteiger partial charge on any atom is -0.481 e. The molecule has 0 saturated carbocycles. The number of hydrogen-bond donors (Lipinski definition) is 2. The number of aryl methyl sites for hydroxylation is 1. The van der Waals surface area contributed by atoms with Gasteiger partial charge < -0.3 is 10.2 Å². The minimum absolute atomic E-state index is 0.0191. The van der Waals surface area contributed by atoms with Gasteiger partial charge in [-0.05, 0) is 18.6 Å². The Labute approximate surface area is 113 Å². The van der Waals surface area contributed by atoms with E-state index in [1.165, 1.54) is 10.9 Å². The fourth-order valence-corrected chi connectivity index (χ4v) is 1.78. The molecule has 2 heterocycles. The predicted molar refractivity (Wildman–Crippen MR) is 67.1 cm³/mol. The molecule has 0 unspecified atom stereocenters. The molecule has 20 heavy (non-hydrogen) atoms. The Morgan fingerprint density at radius 1 is 1.30 bits per heavy atom. The molecule has 0 aromatic carbocycles. The summed E-state index contributed by atoms with van der Waals surface area (Å²) >= 11 is 0. The third kappa shape index (κ3) is 2.97. The number of carboxylic acid groups (broad SMARTS) is 2. The van der Waals surface area contributed by atoms with Crippen LogP contribution in [0.1, 0.15) is 23.3 Å². The number of nitrogens with zero attached hydrogens (tertiary/aromatic N) is 4. The van der Waals surface area contributed by atoms with Gasteiger partial charge in [-0.2, -0.15) is 0 Å². The van der Waals surface area contributed by atoms with E-state index >= 15 is 0 Å². The van der Waals surface area contributed by atoms with Crippen LogP contribution in [0.5, 0.6) is 0 Å². The molecule has 2 N–H and O–H groups in total. The van der Waals surface area contributed by atoms with Crippen molar-refractivity contribution >= 4 is 11.9 Å². The summed E-state index contributed by atoms with van der Waals surface area (Å²) in [5.41, 5.74) is 0.731. The van der Waals surface area contributed by atoms with E-state index in [1.807, 2.05) is 0 Å². The second kappa shape index (κ2) is 5.91. The smallest absolute Gasteiger partial charge is 0.358 e. The molecule has 0 radical (unpaired) electrons. The van der Waals surface area contributed by atoms with Gasteiger partial charge in [0.2, 0.25) is 0 Å². The fourth-order valence-electron chi connectivity index (χ4n) is 1.78. The highest BCUT2D eigenvalue weighted by atomic mass is 16.4. The lowest BCUT2D eigenvalue weighted by atomic mass is 10.1. The highest BCUT2D eigenvalue weighted by Gasteiger charge is 2.20. The van der Waals surface area contributed by atoms with Crippen LogP contribution in [0, 0.1) is 0 Å². The zero-order valence-electron chi connectivity index (χ0n) is 10.4. The summed E-state index contributed by atoms with van der Waals surface area (Å²) in [5.74, 6) is -2.10. The Morgan fingerprint density at radius 2 is 2.10 bits per heavy atom. The zero-order chi connectivity index (χ0) is 14.5. The van der Waals surface area contributed by atoms with Crippen molar-refractivity contribution in [3.63, 3.8) is 0 Å². The second-order valence-corrected chi connectivity index (χ2v) is 4.05. The first kappa shape index (κ1) is 13.7. The van der Waals surface area contributed by atoms with E-state index < -0.39 is 11.9 Å². The molecule has 0 fully saturated rings. The molecule has 0 atom stereocenters. The molecule has 8 nitrogen and oxygen atoms in total. The Bertz CT molecular complexity index is 624. The lowest BCUT2D eigenvalue weighted by Crippen LogP contribution is -2.07. The van der Waals surface area contributed by atoms with Crippen LogP contribution in [0.2, 0.25) is 0 Å². The number of carbonyl (C=O) groups is 2. The molecule has 0 amide bonds. The average molecular weight is 276 g/mol. The topological polar surface area (TPSA) is 118 Å². The molecule has 0 aliphatic rings. The third-order valence-electron chi connectivity index (χ3n) is 2.63. The van der Waals surface area contributed by atoms with Crippen molar-refractivity contribution in [2.45, 2.75) is 19.4 Å². The maximum Gasteiger partial charge on any atom is 0.358 e. The largest absolute Gasteiger partial charge is 0.481 e. The molecule has 0 bridgehead atoms. The average Bonchev–Trinajstić information content (AvgIpc) is 2.83. The minimum atomic E-state index is -1.19. The van der Waals surface area contributed by atoms with Crippen molar-refractivity contribution in [2.24, 2.45) is 0 Å². The standard InChI is InChI=1S/C12H12N4O4/c17-9(18)4-2-6-16-11(8-3-1-5-13-7-8)10(12(19)20)14-15-16/h1,3,5,7H,2,4,6H2,(H,17,18)(H,19,20). The maximum atomic E-state index is 11.2. The number of rotatable bonds is 6. The number of carboxylic acids is 2. The van der Waals surface area contributed by atoms with E-state index in [0.29, 0.717) is 17.7 Å². The molecule has 2 aromatic rings. The Morgan fingerprint density at radius 3 is 2.70 bits per heavy atom. The third-order valence-corrected chi connectivity index (χ3v) is 2.63. The van der Waals surface area contributed by atoms with Gasteiger partial charge in [0.1, 0.15) is 5.69 Å². The summed E-state index contributed by atoms with van der Waals surface area (Å²) in [7, 11) is 0. The van der Waals surface area contributed by atoms with Gasteiger partial charge in [-0.3, -0.25) is 9.78 Å². The number of hydrogen-bond acceptors (Lipinski definition) is 5. The molecule has 2 rings (SSSR count). The molecule has 8 heteroatoms. The molecule has 0 aliphatic carbocycles. The summed E-state index contributed by atoms with van der Waals surface area (Å²) in [5, 5.41) is 25.1. The van der Waals surface area contributed by atoms with Crippen molar-refractivity contribution < 1.29 is 19.8 Å². The predicted octanol–water partition coefficient (Wildman–Crippen LogP) is 0.903. The van der Waals surface area contributed by atoms with Crippen molar-refractivity contribution in [3.05, 3.63) is 30.2 Å². The molecular formula is C12H12N4O4. The van der Waals surface area contributed by atoms with E-state index in [0.717, 1.165) is 0 Å². The molecule has 0 spiro atoms. The SMILES string of the molecule is O=C(O)CCCn1nnc(C(=O)O)c1-c1cccnc1. The highest BCUT2D eigenvalue weighted by Crippen LogP contribution is 2.21. The number of aromatic carboxylic acids is 1. The first-order valence-corrected chi connectivity index (χ1v) is 5.88. The van der Waals surface area contributed by atoms with Crippen LogP contribution in [0.3, 0.4) is 0 Å². The van der Waals surface area contributed by atoms with E-state index in [-0.39, 0.29) is 18.7 Å². The summed E-state index contributed by atoms with van der Waals surface area (Å²) in [6.45, 7) is 0.275. The van der Waals surface area contributed by atoms with Crippen LogP contribution in [0.25, 0.3) is 11.3 Å². The van der Waals surface area contributed by atoms with Crippen molar-refractivity contribution in [1.82, 2.24) is 20.0 Å². The normalized spacial score (nSPS) is 10.4. The summed E-state index contributed by atoms with van der Waals surface area (Å²) in [6, 6.07) is 3.38. The van der Waals surface area contributed by atoms with Gasteiger partial charge in [0.15, 0.2) is 5.69 Å². The van der Waals surface area contributed by atoms with Crippen LogP contribution in [0.4, 0.5) is 0 Å². The highest BCUT2D eigenvalue weighted by molar-refractivity contribution is 5.92. The molecule has 104 valence electrons. The van der Waals surface area contributed by atoms with Gasteiger partial charge in [-0.1, -0.05) is 5.21 Å². The van der Waals surface area contributed by atoms with Gasteiger partial charge in [0, 0.05) is 30.9 Å². The van der Waals surface area contributed by atoms with Crippen LogP contribution in [0.15, 0.2) is 24.5 Å². The number of aromatic nitrogens is 4. The van der Waals surface area contributed by atoms with Crippen LogP contribution in [-0.2, 0) is 11.3 Å². The molecule has 0 aliphatic heterocycles. The summed E-state index contributed by atoms with van der Waals surface area (Å²) in [6.07, 6.45) is 3.40. The van der Waals surface area contributed by atoms with Crippen molar-refractivity contribution in [1.29, 1.82) is 0 Å². The number of aliphatic carboxylic acids is 1. The molecular weight excluding hydrogens is 264 g/mol. The lowest BCUT2D eigenvalue weighted by Gasteiger charge is -2.06. The Kier molecular flexibility index (Phi) is 4.04. The van der Waals surface area contributed by atoms with Crippen LogP contribution < -0.4 is 0 Å². The Hall–Kier alpha value is -2.77. The van der Waals surface area contributed by atoms with Crippen molar-refractivity contribution in [3.8, 4) is 11.3 Å². The lowest BCUT2D eigenvalue weighted by molar-refractivity contribution is -0.137. The second-order valence-electron chi connectivity index (χ2n) is 4.05. The van der Waals surface area contributed by atoms with Gasteiger partial charge in [-0.25, -0.2) is 9.48 Å². The number of pyridine rings is 1. The van der Waals surface area contributed by atoms with Gasteiger partial charge in [0.25, 0.3) is 0 Å². The van der Waals surface area contributed by atoms with Gasteiger partial charge >= 0.3 is 11.9 Å². The quantitative estimate of drug-likeness (QED) is 0.804. The van der Waals surface area contributed by atoms with Crippen LogP contribution in [-0.4, -0.2) is 42.1 Å². The zero-order valence-corrected chi connectivity index (χ0v) is 10.4. The van der Waals surface area contributed by atoms with E-state index in [4.69, 9.17) is 10.2 Å². The first-order valence-electron chi connectivity index (χ1n) is 5.88. The van der Waals surface area contributed by atoms with Crippen molar-refractivity contribution in [2.75, 3.05) is 0 Å². The molecule has 2 aromatic heterocycles. The van der Waals surface area contributed by atoms with E-state index in [1.54, 1.807) is 18.3 Å². The summed E-state index contributed by atoms with van der Waals surface area (Å²) < 4.78 is 1.39. The van der Waals surface area contributed by atoms with E-state index in [9.17, 15) is 9.59 Å². The monoisotopic (exact) mass is 276 g/mol. The maximum absolute atomic E-state index is 11.2. The fraction of sp³-hybridized carbons (Fsp3) is 0.250. The van der Waals surface area contributed by atoms with Crippen LogP contribution >= 0.6 is 0 Å². The Balaban J connectivity index is 2.33. The first-order chi connectivity index (χ1) is 9.59. The van der Waals surface area contributed by atoms with Gasteiger partial charge in [-0.15, -0.1) is 5.10 Å². The van der Waals surface area contributed by atoms with E-state index in [2.05, 4.69) is 15.3 Å². The summed E-state index contributed by atoms with van der Waals surface area (Å²) in [4.78, 5) is 25.6. The van der Waals surface area contributed by atoms with Gasteiger partial charge in [0.05, 0.1) is 0 Å². The molecule has 0 saturated heterocycles.